The van der Waals surface area contributed by atoms with Crippen LogP contribution in [0.25, 0.3) is 0 Å². The highest BCUT2D eigenvalue weighted by Crippen LogP contribution is 2.47. The first-order valence-corrected chi connectivity index (χ1v) is 8.04. The summed E-state index contributed by atoms with van der Waals surface area (Å²) in [6, 6.07) is 0. The molecule has 0 radical (unpaired) electrons. The van der Waals surface area contributed by atoms with Crippen molar-refractivity contribution in [1.82, 2.24) is 0 Å². The van der Waals surface area contributed by atoms with Crippen molar-refractivity contribution in [3.05, 3.63) is 59.6 Å². The first-order chi connectivity index (χ1) is 10.2. The summed E-state index contributed by atoms with van der Waals surface area (Å²) in [5, 5.41) is 0.585. The van der Waals surface area contributed by atoms with Crippen molar-refractivity contribution >= 4 is 16.9 Å². The van der Waals surface area contributed by atoms with Crippen LogP contribution in [0.1, 0.15) is 12.8 Å². The number of rotatable bonds is 1. The number of nitrogens with zero attached hydrogens (tertiary/aromatic N) is 1. The maximum Gasteiger partial charge on any atom is 0.159 e. The van der Waals surface area contributed by atoms with Crippen molar-refractivity contribution in [2.24, 2.45) is 16.6 Å². The maximum atomic E-state index is 6.04. The lowest BCUT2D eigenvalue weighted by Crippen LogP contribution is -2.50. The first kappa shape index (κ1) is 14.4. The second-order valence-corrected chi connectivity index (χ2v) is 6.55. The van der Waals surface area contributed by atoms with Crippen LogP contribution in [0.5, 0.6) is 0 Å². The molecule has 1 fully saturated rings. The molecule has 0 aromatic rings. The van der Waals surface area contributed by atoms with Crippen molar-refractivity contribution in [2.75, 3.05) is 13.2 Å². The van der Waals surface area contributed by atoms with E-state index in [2.05, 4.69) is 37.0 Å². The molecule has 3 aliphatic rings. The Bertz CT molecular complexity index is 586. The third-order valence-corrected chi connectivity index (χ3v) is 4.95. The summed E-state index contributed by atoms with van der Waals surface area (Å²) in [7, 11) is 0. The molecule has 0 amide bonds. The van der Waals surface area contributed by atoms with Crippen LogP contribution in [0.2, 0.25) is 0 Å². The Morgan fingerprint density at radius 3 is 3.10 bits per heavy atom. The van der Waals surface area contributed by atoms with Crippen molar-refractivity contribution in [2.45, 2.75) is 18.4 Å². The number of aliphatic imine (C=N–C) groups is 1. The van der Waals surface area contributed by atoms with Gasteiger partial charge in [0.05, 0.1) is 6.61 Å². The van der Waals surface area contributed by atoms with Gasteiger partial charge in [0.25, 0.3) is 0 Å². The van der Waals surface area contributed by atoms with Crippen LogP contribution in [0.3, 0.4) is 0 Å². The minimum absolute atomic E-state index is 0.285. The number of hydrogen-bond acceptors (Lipinski definition) is 4. The van der Waals surface area contributed by atoms with Crippen LogP contribution in [0.4, 0.5) is 0 Å². The van der Waals surface area contributed by atoms with Crippen molar-refractivity contribution in [1.29, 1.82) is 0 Å². The van der Waals surface area contributed by atoms with E-state index in [1.165, 1.54) is 17.3 Å². The summed E-state index contributed by atoms with van der Waals surface area (Å²) in [6.45, 7) is 5.55. The zero-order valence-corrected chi connectivity index (χ0v) is 12.8. The van der Waals surface area contributed by atoms with E-state index in [4.69, 9.17) is 15.5 Å². The lowest BCUT2D eigenvalue weighted by atomic mass is 9.74. The summed E-state index contributed by atoms with van der Waals surface area (Å²) in [5.41, 5.74) is 6.81. The van der Waals surface area contributed by atoms with Gasteiger partial charge in [-0.25, -0.2) is 4.99 Å². The Kier molecular flexibility index (Phi) is 4.17. The standard InChI is InChI=1S/C17H20N2OS/c1-13-15-10-11-20-12-17(15,19-16(18)21-13)14-8-6-4-2-3-5-7-9-14/h2-6,8-9,15H,1,7,10-12H2,(H2,18,19)/b4-2-,5-3-,8-6-,14-9+. The van der Waals surface area contributed by atoms with Crippen molar-refractivity contribution < 1.29 is 4.74 Å². The molecule has 2 unspecified atom stereocenters. The van der Waals surface area contributed by atoms with Gasteiger partial charge >= 0.3 is 0 Å². The van der Waals surface area contributed by atoms with Gasteiger partial charge in [0, 0.05) is 12.5 Å². The van der Waals surface area contributed by atoms with Gasteiger partial charge in [0.15, 0.2) is 5.17 Å². The van der Waals surface area contributed by atoms with Gasteiger partial charge < -0.3 is 10.5 Å². The van der Waals surface area contributed by atoms with E-state index in [0.29, 0.717) is 11.8 Å². The van der Waals surface area contributed by atoms with Gasteiger partial charge in [-0.15, -0.1) is 0 Å². The smallest absolute Gasteiger partial charge is 0.159 e. The first-order valence-electron chi connectivity index (χ1n) is 7.22. The summed E-state index contributed by atoms with van der Waals surface area (Å²) >= 11 is 1.50. The molecule has 2 aliphatic heterocycles. The number of amidine groups is 1. The predicted molar refractivity (Wildman–Crippen MR) is 90.1 cm³/mol. The Labute approximate surface area is 130 Å². The number of nitrogens with two attached hydrogens (primary N) is 1. The van der Waals surface area contributed by atoms with E-state index in [1.54, 1.807) is 0 Å². The Morgan fingerprint density at radius 2 is 2.19 bits per heavy atom. The van der Waals surface area contributed by atoms with Crippen molar-refractivity contribution in [3.63, 3.8) is 0 Å². The molecular weight excluding hydrogens is 280 g/mol. The molecule has 0 bridgehead atoms. The van der Waals surface area contributed by atoms with Crippen LogP contribution in [-0.4, -0.2) is 23.9 Å². The van der Waals surface area contributed by atoms with E-state index in [1.807, 2.05) is 12.2 Å². The number of allylic oxidation sites excluding steroid dienone is 6. The minimum atomic E-state index is -0.410. The zero-order chi connectivity index (χ0) is 14.7. The monoisotopic (exact) mass is 300 g/mol. The molecule has 3 rings (SSSR count). The van der Waals surface area contributed by atoms with Gasteiger partial charge in [0.2, 0.25) is 0 Å². The topological polar surface area (TPSA) is 47.6 Å². The van der Waals surface area contributed by atoms with E-state index < -0.39 is 5.54 Å². The molecule has 2 atom stereocenters. The summed E-state index contributed by atoms with van der Waals surface area (Å²) in [6.07, 6.45) is 16.5. The second-order valence-electron chi connectivity index (χ2n) is 5.40. The van der Waals surface area contributed by atoms with Gasteiger partial charge in [-0.2, -0.15) is 0 Å². The molecule has 4 heteroatoms. The summed E-state index contributed by atoms with van der Waals surface area (Å²) < 4.78 is 5.77. The van der Waals surface area contributed by atoms with Gasteiger partial charge in [-0.3, -0.25) is 0 Å². The minimum Gasteiger partial charge on any atom is -0.379 e. The van der Waals surface area contributed by atoms with Gasteiger partial charge in [-0.1, -0.05) is 60.9 Å². The fourth-order valence-electron chi connectivity index (χ4n) is 3.11. The molecule has 2 heterocycles. The Morgan fingerprint density at radius 1 is 1.33 bits per heavy atom. The van der Waals surface area contributed by atoms with Crippen LogP contribution in [0, 0.1) is 5.92 Å². The molecule has 0 aromatic heterocycles. The highest BCUT2D eigenvalue weighted by atomic mass is 32.2. The van der Waals surface area contributed by atoms with Crippen LogP contribution in [0.15, 0.2) is 64.6 Å². The molecule has 110 valence electrons. The van der Waals surface area contributed by atoms with Crippen LogP contribution in [-0.2, 0) is 4.74 Å². The largest absolute Gasteiger partial charge is 0.379 e. The third kappa shape index (κ3) is 2.78. The normalized spacial score (nSPS) is 39.6. The molecule has 1 saturated heterocycles. The summed E-state index contributed by atoms with van der Waals surface area (Å²) in [4.78, 5) is 5.92. The van der Waals surface area contributed by atoms with Crippen molar-refractivity contribution in [3.8, 4) is 0 Å². The number of thioether (sulfide) groups is 1. The zero-order valence-electron chi connectivity index (χ0n) is 12.0. The predicted octanol–water partition coefficient (Wildman–Crippen LogP) is 3.34. The lowest BCUT2D eigenvalue weighted by Gasteiger charge is -2.45. The highest BCUT2D eigenvalue weighted by Gasteiger charge is 2.47. The molecule has 0 aromatic carbocycles. The Balaban J connectivity index is 2.07. The molecule has 2 N–H and O–H groups in total. The summed E-state index contributed by atoms with van der Waals surface area (Å²) in [5.74, 6) is 0.285. The maximum absolute atomic E-state index is 6.04. The molecule has 21 heavy (non-hydrogen) atoms. The van der Waals surface area contributed by atoms with E-state index in [9.17, 15) is 0 Å². The average Bonchev–Trinajstić information content (AvgIpc) is 2.60. The number of hydrogen-bond donors (Lipinski definition) is 1. The fraction of sp³-hybridized carbons (Fsp3) is 0.353. The highest BCUT2D eigenvalue weighted by molar-refractivity contribution is 8.17. The molecule has 0 saturated carbocycles. The SMILES string of the molecule is C=C1SC(N)=NC2(C3=C\C\C=C/C=C\C=C/3)COCCC12. The van der Waals surface area contributed by atoms with E-state index in [0.717, 1.165) is 24.4 Å². The quantitative estimate of drug-likeness (QED) is 0.808. The lowest BCUT2D eigenvalue weighted by molar-refractivity contribution is 0.0299. The average molecular weight is 300 g/mol. The van der Waals surface area contributed by atoms with Crippen LogP contribution >= 0.6 is 11.8 Å². The second kappa shape index (κ2) is 6.08. The van der Waals surface area contributed by atoms with Gasteiger partial charge in [-0.05, 0) is 23.3 Å². The van der Waals surface area contributed by atoms with E-state index in [-0.39, 0.29) is 5.92 Å². The molecule has 3 nitrogen and oxygen atoms in total. The Hall–Kier alpha value is -1.52. The molecule has 0 spiro atoms. The van der Waals surface area contributed by atoms with Crippen LogP contribution < -0.4 is 5.73 Å². The molecular formula is C17H20N2OS. The number of fused-ring (bicyclic) bond motifs is 1. The van der Waals surface area contributed by atoms with E-state index >= 15 is 0 Å². The molecule has 1 aliphatic carbocycles. The number of ether oxygens (including phenoxy) is 1. The van der Waals surface area contributed by atoms with Gasteiger partial charge in [0.1, 0.15) is 5.54 Å². The fourth-order valence-corrected chi connectivity index (χ4v) is 4.04. The third-order valence-electron chi connectivity index (χ3n) is 4.10.